The van der Waals surface area contributed by atoms with Crippen molar-refractivity contribution in [3.63, 3.8) is 0 Å². The second-order valence-electron chi connectivity index (χ2n) is 6.43. The van der Waals surface area contributed by atoms with Crippen molar-refractivity contribution in [1.29, 1.82) is 0 Å². The number of benzene rings is 2. The molecule has 0 radical (unpaired) electrons. The molecule has 0 aliphatic heterocycles. The number of carbonyl (C=O) groups excluding carboxylic acids is 2. The average Bonchev–Trinajstić information content (AvgIpc) is 2.75. The van der Waals surface area contributed by atoms with Crippen molar-refractivity contribution >= 4 is 11.8 Å². The van der Waals surface area contributed by atoms with Crippen LogP contribution in [0.2, 0.25) is 0 Å². The largest absolute Gasteiger partial charge is 0.497 e. The first kappa shape index (κ1) is 21.3. The highest BCUT2D eigenvalue weighted by Crippen LogP contribution is 2.17. The number of ether oxygens (including phenoxy) is 2. The lowest BCUT2D eigenvalue weighted by molar-refractivity contribution is -0.140. The van der Waals surface area contributed by atoms with Crippen molar-refractivity contribution in [2.24, 2.45) is 0 Å². The molecule has 0 aliphatic rings. The van der Waals surface area contributed by atoms with Crippen LogP contribution in [-0.4, -0.2) is 43.5 Å². The summed E-state index contributed by atoms with van der Waals surface area (Å²) in [5.74, 6) is 1.24. The molecule has 1 atom stereocenters. The number of methoxy groups -OCH3 is 1. The van der Waals surface area contributed by atoms with Gasteiger partial charge in [-0.25, -0.2) is 0 Å². The van der Waals surface area contributed by atoms with E-state index in [1.165, 1.54) is 0 Å². The van der Waals surface area contributed by atoms with Crippen molar-refractivity contribution in [3.05, 3.63) is 60.2 Å². The molecular formula is C22H28N2O4. The van der Waals surface area contributed by atoms with Crippen LogP contribution in [0.4, 0.5) is 0 Å². The molecule has 28 heavy (non-hydrogen) atoms. The van der Waals surface area contributed by atoms with Gasteiger partial charge in [0.15, 0.2) is 0 Å². The van der Waals surface area contributed by atoms with Gasteiger partial charge in [-0.2, -0.15) is 0 Å². The van der Waals surface area contributed by atoms with Crippen LogP contribution in [0.25, 0.3) is 0 Å². The van der Waals surface area contributed by atoms with Crippen LogP contribution in [0.1, 0.15) is 25.3 Å². The predicted molar refractivity (Wildman–Crippen MR) is 108 cm³/mol. The van der Waals surface area contributed by atoms with E-state index in [9.17, 15) is 9.59 Å². The number of likely N-dealkylation sites (N-methyl/N-ethyl adjacent to an activating group) is 1. The molecule has 2 aromatic carbocycles. The lowest BCUT2D eigenvalue weighted by Gasteiger charge is -2.28. The summed E-state index contributed by atoms with van der Waals surface area (Å²) in [4.78, 5) is 26.5. The zero-order chi connectivity index (χ0) is 20.4. The molecule has 2 aromatic rings. The molecule has 0 spiro atoms. The smallest absolute Gasteiger partial charge is 0.242 e. The maximum atomic E-state index is 12.8. The van der Waals surface area contributed by atoms with Gasteiger partial charge in [-0.1, -0.05) is 30.3 Å². The van der Waals surface area contributed by atoms with Crippen LogP contribution >= 0.6 is 0 Å². The summed E-state index contributed by atoms with van der Waals surface area (Å²) in [7, 11) is 3.19. The molecule has 150 valence electrons. The van der Waals surface area contributed by atoms with E-state index in [0.29, 0.717) is 26.0 Å². The van der Waals surface area contributed by atoms with Gasteiger partial charge in [0.1, 0.15) is 17.5 Å². The number of carbonyl (C=O) groups is 2. The second kappa shape index (κ2) is 11.0. The van der Waals surface area contributed by atoms with Gasteiger partial charge in [0.05, 0.1) is 13.7 Å². The summed E-state index contributed by atoms with van der Waals surface area (Å²) in [5, 5.41) is 2.62. The Hall–Kier alpha value is -3.02. The summed E-state index contributed by atoms with van der Waals surface area (Å²) in [5.41, 5.74) is 0.987. The average molecular weight is 384 g/mol. The SMILES string of the molecule is CNC(=O)C(C)N(Cc1ccccc1)C(=O)CCCOc1ccc(OC)cc1. The van der Waals surface area contributed by atoms with Crippen molar-refractivity contribution in [3.8, 4) is 11.5 Å². The van der Waals surface area contributed by atoms with Crippen LogP contribution in [0.3, 0.4) is 0 Å². The third-order valence-electron chi connectivity index (χ3n) is 4.47. The lowest BCUT2D eigenvalue weighted by atomic mass is 10.1. The van der Waals surface area contributed by atoms with Crippen LogP contribution in [0, 0.1) is 0 Å². The summed E-state index contributed by atoms with van der Waals surface area (Å²) in [6.07, 6.45) is 0.876. The van der Waals surface area contributed by atoms with Crippen LogP contribution in [0.15, 0.2) is 54.6 Å². The summed E-state index contributed by atoms with van der Waals surface area (Å²) < 4.78 is 10.8. The molecular weight excluding hydrogens is 356 g/mol. The Balaban J connectivity index is 1.90. The van der Waals surface area contributed by atoms with Gasteiger partial charge in [-0.05, 0) is 43.2 Å². The summed E-state index contributed by atoms with van der Waals surface area (Å²) >= 11 is 0. The highest BCUT2D eigenvalue weighted by molar-refractivity contribution is 5.87. The molecule has 1 unspecified atom stereocenters. The normalized spacial score (nSPS) is 11.4. The highest BCUT2D eigenvalue weighted by Gasteiger charge is 2.25. The fourth-order valence-electron chi connectivity index (χ4n) is 2.80. The van der Waals surface area contributed by atoms with Crippen molar-refractivity contribution in [2.45, 2.75) is 32.4 Å². The Morgan fingerprint density at radius 3 is 2.29 bits per heavy atom. The lowest BCUT2D eigenvalue weighted by Crippen LogP contribution is -2.46. The van der Waals surface area contributed by atoms with Crippen molar-refractivity contribution in [1.82, 2.24) is 10.2 Å². The first-order chi connectivity index (χ1) is 13.5. The van der Waals surface area contributed by atoms with E-state index in [1.54, 1.807) is 26.0 Å². The van der Waals surface area contributed by atoms with Crippen molar-refractivity contribution in [2.75, 3.05) is 20.8 Å². The standard InChI is InChI=1S/C22H28N2O4/c1-17(22(26)23-2)24(16-18-8-5-4-6-9-18)21(25)10-7-15-28-20-13-11-19(27-3)12-14-20/h4-6,8-9,11-14,17H,7,10,15-16H2,1-3H3,(H,23,26). The van der Waals surface area contributed by atoms with Gasteiger partial charge >= 0.3 is 0 Å². The van der Waals surface area contributed by atoms with Gasteiger partial charge in [0.2, 0.25) is 11.8 Å². The van der Waals surface area contributed by atoms with E-state index in [1.807, 2.05) is 54.6 Å². The minimum Gasteiger partial charge on any atom is -0.497 e. The molecule has 0 aromatic heterocycles. The molecule has 0 fully saturated rings. The molecule has 0 heterocycles. The van der Waals surface area contributed by atoms with E-state index < -0.39 is 6.04 Å². The van der Waals surface area contributed by atoms with Gasteiger partial charge in [-0.3, -0.25) is 9.59 Å². The second-order valence-corrected chi connectivity index (χ2v) is 6.43. The molecule has 0 aliphatic carbocycles. The molecule has 6 heteroatoms. The highest BCUT2D eigenvalue weighted by atomic mass is 16.5. The molecule has 0 bridgehead atoms. The summed E-state index contributed by atoms with van der Waals surface area (Å²) in [6, 6.07) is 16.4. The van der Waals surface area contributed by atoms with E-state index in [0.717, 1.165) is 17.1 Å². The maximum Gasteiger partial charge on any atom is 0.242 e. The fourth-order valence-corrected chi connectivity index (χ4v) is 2.80. The molecule has 0 saturated carbocycles. The van der Waals surface area contributed by atoms with Crippen molar-refractivity contribution < 1.29 is 19.1 Å². The summed E-state index contributed by atoms with van der Waals surface area (Å²) in [6.45, 7) is 2.56. The minimum absolute atomic E-state index is 0.0710. The van der Waals surface area contributed by atoms with E-state index in [2.05, 4.69) is 5.32 Å². The number of nitrogens with one attached hydrogen (secondary N) is 1. The third kappa shape index (κ3) is 6.30. The molecule has 6 nitrogen and oxygen atoms in total. The molecule has 0 saturated heterocycles. The zero-order valence-corrected chi connectivity index (χ0v) is 16.7. The Bertz CT molecular complexity index is 747. The van der Waals surface area contributed by atoms with E-state index in [-0.39, 0.29) is 11.8 Å². The van der Waals surface area contributed by atoms with Gasteiger partial charge < -0.3 is 19.7 Å². The number of hydrogen-bond donors (Lipinski definition) is 1. The maximum absolute atomic E-state index is 12.8. The Kier molecular flexibility index (Phi) is 8.34. The van der Waals surface area contributed by atoms with Gasteiger partial charge in [-0.15, -0.1) is 0 Å². The zero-order valence-electron chi connectivity index (χ0n) is 16.7. The predicted octanol–water partition coefficient (Wildman–Crippen LogP) is 3.02. The third-order valence-corrected chi connectivity index (χ3v) is 4.47. The van der Waals surface area contributed by atoms with E-state index in [4.69, 9.17) is 9.47 Å². The quantitative estimate of drug-likeness (QED) is 0.640. The van der Waals surface area contributed by atoms with Gasteiger partial charge in [0.25, 0.3) is 0 Å². The monoisotopic (exact) mass is 384 g/mol. The number of hydrogen-bond acceptors (Lipinski definition) is 4. The topological polar surface area (TPSA) is 67.9 Å². The first-order valence-electron chi connectivity index (χ1n) is 9.37. The first-order valence-corrected chi connectivity index (χ1v) is 9.37. The Labute approximate surface area is 166 Å². The Morgan fingerprint density at radius 2 is 1.68 bits per heavy atom. The van der Waals surface area contributed by atoms with Crippen LogP contribution < -0.4 is 14.8 Å². The van der Waals surface area contributed by atoms with Gasteiger partial charge in [0, 0.05) is 20.0 Å². The Morgan fingerprint density at radius 1 is 1.04 bits per heavy atom. The van der Waals surface area contributed by atoms with E-state index >= 15 is 0 Å². The molecule has 1 N–H and O–H groups in total. The fraction of sp³-hybridized carbons (Fsp3) is 0.364. The number of rotatable bonds is 10. The minimum atomic E-state index is -0.541. The van der Waals surface area contributed by atoms with Crippen LogP contribution in [0.5, 0.6) is 11.5 Å². The number of nitrogens with zero attached hydrogens (tertiary/aromatic N) is 1. The number of amides is 2. The molecule has 2 rings (SSSR count). The molecule has 2 amide bonds. The van der Waals surface area contributed by atoms with Crippen LogP contribution in [-0.2, 0) is 16.1 Å².